The average molecular weight is 244 g/mol. The molecule has 4 nitrogen and oxygen atoms in total. The maximum atomic E-state index is 5.51. The van der Waals surface area contributed by atoms with Crippen LogP contribution < -0.4 is 5.32 Å². The highest BCUT2D eigenvalue weighted by Crippen LogP contribution is 2.18. The largest absolute Gasteiger partial charge is 0.385 e. The van der Waals surface area contributed by atoms with Crippen LogP contribution in [0.2, 0.25) is 0 Å². The summed E-state index contributed by atoms with van der Waals surface area (Å²) < 4.78 is 10.5. The zero-order valence-corrected chi connectivity index (χ0v) is 11.6. The van der Waals surface area contributed by atoms with Crippen molar-refractivity contribution in [3.8, 4) is 0 Å². The van der Waals surface area contributed by atoms with E-state index in [2.05, 4.69) is 17.1 Å². The van der Waals surface area contributed by atoms with Gasteiger partial charge < -0.3 is 14.8 Å². The maximum Gasteiger partial charge on any atom is 0.0724 e. The first-order valence-electron chi connectivity index (χ1n) is 6.72. The van der Waals surface area contributed by atoms with Crippen molar-refractivity contribution in [3.63, 3.8) is 0 Å². The van der Waals surface area contributed by atoms with Crippen molar-refractivity contribution < 1.29 is 9.47 Å². The first-order valence-corrected chi connectivity index (χ1v) is 6.72. The number of hydrogen-bond acceptors (Lipinski definition) is 4. The molecule has 0 aromatic carbocycles. The summed E-state index contributed by atoms with van der Waals surface area (Å²) in [5, 5.41) is 3.45. The Morgan fingerprint density at radius 1 is 1.29 bits per heavy atom. The minimum absolute atomic E-state index is 0.414. The number of nitrogens with one attached hydrogen (secondary N) is 1. The minimum Gasteiger partial charge on any atom is -0.385 e. The number of ether oxygens (including phenoxy) is 2. The molecule has 17 heavy (non-hydrogen) atoms. The second-order valence-corrected chi connectivity index (χ2v) is 4.94. The molecule has 0 radical (unpaired) electrons. The molecule has 2 atom stereocenters. The van der Waals surface area contributed by atoms with Gasteiger partial charge in [-0.3, -0.25) is 4.90 Å². The predicted molar refractivity (Wildman–Crippen MR) is 70.4 cm³/mol. The SMILES string of the molecule is COCCCNCCN1CCC(C)C(OC)C1. The lowest BCUT2D eigenvalue weighted by Gasteiger charge is -2.36. The molecule has 0 saturated carbocycles. The van der Waals surface area contributed by atoms with E-state index < -0.39 is 0 Å². The molecule has 2 unspecified atom stereocenters. The first kappa shape index (κ1) is 14.9. The third kappa shape index (κ3) is 5.82. The molecule has 0 aliphatic carbocycles. The van der Waals surface area contributed by atoms with E-state index in [4.69, 9.17) is 9.47 Å². The fraction of sp³-hybridized carbons (Fsp3) is 1.00. The highest BCUT2D eigenvalue weighted by Gasteiger charge is 2.25. The van der Waals surface area contributed by atoms with E-state index in [1.165, 1.54) is 13.0 Å². The average Bonchev–Trinajstić information content (AvgIpc) is 2.35. The maximum absolute atomic E-state index is 5.51. The molecule has 0 bridgehead atoms. The Balaban J connectivity index is 2.03. The monoisotopic (exact) mass is 244 g/mol. The van der Waals surface area contributed by atoms with Gasteiger partial charge in [-0.1, -0.05) is 6.92 Å². The van der Waals surface area contributed by atoms with E-state index in [-0.39, 0.29) is 0 Å². The van der Waals surface area contributed by atoms with Crippen LogP contribution >= 0.6 is 0 Å². The third-order valence-electron chi connectivity index (χ3n) is 3.58. The molecule has 0 aromatic heterocycles. The van der Waals surface area contributed by atoms with E-state index in [0.717, 1.165) is 39.2 Å². The topological polar surface area (TPSA) is 33.7 Å². The molecule has 1 rings (SSSR count). The summed E-state index contributed by atoms with van der Waals surface area (Å²) in [7, 11) is 3.58. The van der Waals surface area contributed by atoms with Crippen LogP contribution in [0.15, 0.2) is 0 Å². The normalized spacial score (nSPS) is 26.3. The Morgan fingerprint density at radius 2 is 2.12 bits per heavy atom. The zero-order valence-electron chi connectivity index (χ0n) is 11.6. The molecule has 1 heterocycles. The van der Waals surface area contributed by atoms with Gasteiger partial charge in [-0.05, 0) is 31.8 Å². The number of hydrogen-bond donors (Lipinski definition) is 1. The number of methoxy groups -OCH3 is 2. The van der Waals surface area contributed by atoms with Gasteiger partial charge in [0.2, 0.25) is 0 Å². The summed E-state index contributed by atoms with van der Waals surface area (Å²) in [4.78, 5) is 2.50. The molecule has 102 valence electrons. The second kappa shape index (κ2) is 8.86. The first-order chi connectivity index (χ1) is 8.27. The van der Waals surface area contributed by atoms with Crippen LogP contribution in [-0.4, -0.2) is 64.6 Å². The molecule has 1 N–H and O–H groups in total. The zero-order chi connectivity index (χ0) is 12.5. The van der Waals surface area contributed by atoms with Gasteiger partial charge in [-0.25, -0.2) is 0 Å². The summed E-state index contributed by atoms with van der Waals surface area (Å²) in [5.74, 6) is 0.700. The minimum atomic E-state index is 0.414. The van der Waals surface area contributed by atoms with Crippen LogP contribution in [0.5, 0.6) is 0 Å². The number of likely N-dealkylation sites (tertiary alicyclic amines) is 1. The molecular weight excluding hydrogens is 216 g/mol. The smallest absolute Gasteiger partial charge is 0.0724 e. The summed E-state index contributed by atoms with van der Waals surface area (Å²) >= 11 is 0. The van der Waals surface area contributed by atoms with Gasteiger partial charge in [0, 0.05) is 40.5 Å². The van der Waals surface area contributed by atoms with Crippen LogP contribution in [0.4, 0.5) is 0 Å². The number of nitrogens with zero attached hydrogens (tertiary/aromatic N) is 1. The number of piperidine rings is 1. The molecule has 1 fully saturated rings. The van der Waals surface area contributed by atoms with Crippen LogP contribution in [0, 0.1) is 5.92 Å². The standard InChI is InChI=1S/C13H28N2O2/c1-12-5-8-15(11-13(12)17-3)9-7-14-6-4-10-16-2/h12-14H,4-11H2,1-3H3. The van der Waals surface area contributed by atoms with Crippen molar-refractivity contribution in [3.05, 3.63) is 0 Å². The molecule has 1 saturated heterocycles. The quantitative estimate of drug-likeness (QED) is 0.645. The van der Waals surface area contributed by atoms with Gasteiger partial charge in [-0.2, -0.15) is 0 Å². The fourth-order valence-corrected chi connectivity index (χ4v) is 2.31. The van der Waals surface area contributed by atoms with Crippen LogP contribution in [0.25, 0.3) is 0 Å². The lowest BCUT2D eigenvalue weighted by Crippen LogP contribution is -2.46. The fourth-order valence-electron chi connectivity index (χ4n) is 2.31. The third-order valence-corrected chi connectivity index (χ3v) is 3.58. The van der Waals surface area contributed by atoms with E-state index in [0.29, 0.717) is 12.0 Å². The summed E-state index contributed by atoms with van der Waals surface area (Å²) in [6, 6.07) is 0. The van der Waals surface area contributed by atoms with Crippen LogP contribution in [0.3, 0.4) is 0 Å². The molecular formula is C13H28N2O2. The molecule has 0 amide bonds. The van der Waals surface area contributed by atoms with Crippen LogP contribution in [-0.2, 0) is 9.47 Å². The van der Waals surface area contributed by atoms with Crippen molar-refractivity contribution in [1.82, 2.24) is 10.2 Å². The van der Waals surface area contributed by atoms with Crippen molar-refractivity contribution in [2.45, 2.75) is 25.9 Å². The van der Waals surface area contributed by atoms with E-state index >= 15 is 0 Å². The lowest BCUT2D eigenvalue weighted by molar-refractivity contribution is -0.00442. The van der Waals surface area contributed by atoms with Crippen molar-refractivity contribution in [2.75, 3.05) is 53.6 Å². The highest BCUT2D eigenvalue weighted by atomic mass is 16.5. The van der Waals surface area contributed by atoms with E-state index in [1.807, 2.05) is 7.11 Å². The van der Waals surface area contributed by atoms with Gasteiger partial charge in [-0.15, -0.1) is 0 Å². The van der Waals surface area contributed by atoms with Gasteiger partial charge in [0.25, 0.3) is 0 Å². The molecule has 1 aliphatic heterocycles. The molecule has 0 spiro atoms. The summed E-state index contributed by atoms with van der Waals surface area (Å²) in [6.07, 6.45) is 2.76. The Bertz CT molecular complexity index is 190. The number of rotatable bonds is 8. The summed E-state index contributed by atoms with van der Waals surface area (Å²) in [5.41, 5.74) is 0. The Hall–Kier alpha value is -0.160. The van der Waals surface area contributed by atoms with E-state index in [9.17, 15) is 0 Å². The van der Waals surface area contributed by atoms with Crippen molar-refractivity contribution in [1.29, 1.82) is 0 Å². The second-order valence-electron chi connectivity index (χ2n) is 4.94. The van der Waals surface area contributed by atoms with Crippen LogP contribution in [0.1, 0.15) is 19.8 Å². The van der Waals surface area contributed by atoms with Gasteiger partial charge in [0.05, 0.1) is 6.10 Å². The van der Waals surface area contributed by atoms with Gasteiger partial charge in [0.1, 0.15) is 0 Å². The summed E-state index contributed by atoms with van der Waals surface area (Å²) in [6.45, 7) is 8.66. The Morgan fingerprint density at radius 3 is 2.82 bits per heavy atom. The Kier molecular flexibility index (Phi) is 7.77. The lowest BCUT2D eigenvalue weighted by atomic mass is 9.96. The van der Waals surface area contributed by atoms with Gasteiger partial charge in [0.15, 0.2) is 0 Å². The Labute approximate surface area is 106 Å². The highest BCUT2D eigenvalue weighted by molar-refractivity contribution is 4.78. The van der Waals surface area contributed by atoms with Gasteiger partial charge >= 0.3 is 0 Å². The predicted octanol–water partition coefficient (Wildman–Crippen LogP) is 0.969. The molecule has 4 heteroatoms. The van der Waals surface area contributed by atoms with Crippen molar-refractivity contribution in [2.24, 2.45) is 5.92 Å². The van der Waals surface area contributed by atoms with E-state index in [1.54, 1.807) is 7.11 Å². The van der Waals surface area contributed by atoms with Crippen molar-refractivity contribution >= 4 is 0 Å². The molecule has 0 aromatic rings. The molecule has 1 aliphatic rings.